The second-order valence-corrected chi connectivity index (χ2v) is 10.4. The van der Waals surface area contributed by atoms with Crippen LogP contribution >= 0.6 is 0 Å². The molecule has 10 heteroatoms. The van der Waals surface area contributed by atoms with E-state index in [0.29, 0.717) is 22.7 Å². The van der Waals surface area contributed by atoms with Crippen LogP contribution in [0.2, 0.25) is 0 Å². The number of hydrogen-bond donors (Lipinski definition) is 1. The van der Waals surface area contributed by atoms with Crippen molar-refractivity contribution in [3.8, 4) is 17.0 Å². The molecule has 0 saturated heterocycles. The van der Waals surface area contributed by atoms with Crippen LogP contribution in [-0.4, -0.2) is 36.2 Å². The van der Waals surface area contributed by atoms with Crippen LogP contribution in [-0.2, 0) is 16.6 Å². The molecule has 0 radical (unpaired) electrons. The third-order valence-corrected chi connectivity index (χ3v) is 7.24. The lowest BCUT2D eigenvalue weighted by Crippen LogP contribution is -2.36. The van der Waals surface area contributed by atoms with Gasteiger partial charge in [0.15, 0.2) is 0 Å². The van der Waals surface area contributed by atoms with E-state index in [2.05, 4.69) is 4.98 Å². The Hall–Kier alpha value is -3.79. The number of carbonyl (C=O) groups excluding carboxylic acids is 1. The van der Waals surface area contributed by atoms with Crippen molar-refractivity contribution in [2.24, 2.45) is 0 Å². The van der Waals surface area contributed by atoms with Crippen LogP contribution < -0.4 is 9.46 Å². The first-order valence-electron chi connectivity index (χ1n) is 10.7. The van der Waals surface area contributed by atoms with Crippen LogP contribution in [0.5, 0.6) is 5.75 Å². The number of aromatic nitrogens is 2. The molecular formula is C25H23F2N3O4S. The zero-order chi connectivity index (χ0) is 25.3. The maximum atomic E-state index is 14.7. The predicted molar refractivity (Wildman–Crippen MR) is 129 cm³/mol. The van der Waals surface area contributed by atoms with E-state index in [1.54, 1.807) is 41.0 Å². The van der Waals surface area contributed by atoms with Crippen LogP contribution in [0.25, 0.3) is 22.2 Å². The fourth-order valence-electron chi connectivity index (χ4n) is 3.62. The number of amides is 1. The van der Waals surface area contributed by atoms with Gasteiger partial charge in [0.2, 0.25) is 10.0 Å². The molecule has 1 amide bonds. The van der Waals surface area contributed by atoms with E-state index in [1.165, 1.54) is 27.0 Å². The Morgan fingerprint density at radius 2 is 1.86 bits per heavy atom. The van der Waals surface area contributed by atoms with Crippen LogP contribution in [0.4, 0.5) is 8.78 Å². The number of nitrogens with zero attached hydrogens (tertiary/aromatic N) is 2. The predicted octanol–water partition coefficient (Wildman–Crippen LogP) is 4.51. The lowest BCUT2D eigenvalue weighted by Gasteiger charge is -2.13. The van der Waals surface area contributed by atoms with Gasteiger partial charge < -0.3 is 9.30 Å². The Morgan fingerprint density at radius 3 is 2.57 bits per heavy atom. The summed E-state index contributed by atoms with van der Waals surface area (Å²) in [7, 11) is -2.30. The molecule has 1 N–H and O–H groups in total. The number of halogens is 2. The number of rotatable bonds is 7. The van der Waals surface area contributed by atoms with Gasteiger partial charge in [-0.25, -0.2) is 26.9 Å². The van der Waals surface area contributed by atoms with E-state index in [1.807, 2.05) is 4.72 Å². The monoisotopic (exact) mass is 499 g/mol. The molecule has 0 saturated carbocycles. The maximum Gasteiger partial charge on any atom is 0.283 e. The molecule has 0 aliphatic carbocycles. The summed E-state index contributed by atoms with van der Waals surface area (Å²) in [5.41, 5.74) is 1.53. The lowest BCUT2D eigenvalue weighted by molar-refractivity contribution is 0.0976. The molecule has 0 atom stereocenters. The molecule has 4 rings (SSSR count). The van der Waals surface area contributed by atoms with Gasteiger partial charge in [0.05, 0.1) is 30.3 Å². The van der Waals surface area contributed by atoms with Gasteiger partial charge in [0.1, 0.15) is 23.1 Å². The standard InChI is InChI=1S/C25H23F2N3O4S/c1-15(2)35(32,33)29-25(31)22-6-4-5-18(28-22)14-30-23-10-8-19(34-3)11-16(23)12-24(30)20-13-17(26)7-9-21(20)27/h4-13,15H,14H2,1-3H3,(H,29,31). The number of nitrogens with one attached hydrogen (secondary N) is 1. The van der Waals surface area contributed by atoms with Crippen LogP contribution in [0.15, 0.2) is 60.7 Å². The topological polar surface area (TPSA) is 90.3 Å². The maximum absolute atomic E-state index is 14.7. The summed E-state index contributed by atoms with van der Waals surface area (Å²) in [5, 5.41) is -0.0541. The summed E-state index contributed by atoms with van der Waals surface area (Å²) in [5.74, 6) is -1.43. The highest BCUT2D eigenvalue weighted by Gasteiger charge is 2.21. The Balaban J connectivity index is 1.78. The van der Waals surface area contributed by atoms with Crippen molar-refractivity contribution in [3.05, 3.63) is 83.7 Å². The number of pyridine rings is 1. The fraction of sp³-hybridized carbons (Fsp3) is 0.200. The first kappa shape index (κ1) is 24.3. The van der Waals surface area contributed by atoms with Crippen molar-refractivity contribution in [1.82, 2.24) is 14.3 Å². The molecule has 2 aromatic heterocycles. The minimum Gasteiger partial charge on any atom is -0.497 e. The lowest BCUT2D eigenvalue weighted by atomic mass is 10.1. The molecule has 0 aliphatic rings. The van der Waals surface area contributed by atoms with E-state index < -0.39 is 32.8 Å². The number of sulfonamides is 1. The molecule has 2 heterocycles. The molecule has 35 heavy (non-hydrogen) atoms. The molecule has 0 spiro atoms. The van der Waals surface area contributed by atoms with Gasteiger partial charge >= 0.3 is 0 Å². The number of benzene rings is 2. The summed E-state index contributed by atoms with van der Waals surface area (Å²) >= 11 is 0. The molecule has 4 aromatic rings. The van der Waals surface area contributed by atoms with Gasteiger partial charge in [0, 0.05) is 16.5 Å². The second kappa shape index (κ2) is 9.46. The van der Waals surface area contributed by atoms with Crippen LogP contribution in [0, 0.1) is 11.6 Å². The molecule has 0 unspecified atom stereocenters. The third kappa shape index (κ3) is 5.02. The molecule has 0 aliphatic heterocycles. The van der Waals surface area contributed by atoms with E-state index in [-0.39, 0.29) is 17.8 Å². The van der Waals surface area contributed by atoms with Crippen LogP contribution in [0.1, 0.15) is 30.0 Å². The van der Waals surface area contributed by atoms with Gasteiger partial charge in [-0.2, -0.15) is 0 Å². The first-order valence-corrected chi connectivity index (χ1v) is 12.3. The Morgan fingerprint density at radius 1 is 1.09 bits per heavy atom. The van der Waals surface area contributed by atoms with Crippen molar-refractivity contribution in [1.29, 1.82) is 0 Å². The van der Waals surface area contributed by atoms with Crippen molar-refractivity contribution < 1.29 is 26.7 Å². The highest BCUT2D eigenvalue weighted by molar-refractivity contribution is 7.90. The zero-order valence-electron chi connectivity index (χ0n) is 19.2. The second-order valence-electron chi connectivity index (χ2n) is 8.20. The third-order valence-electron chi connectivity index (χ3n) is 5.53. The molecule has 182 valence electrons. The fourth-order valence-corrected chi connectivity index (χ4v) is 4.22. The quantitative estimate of drug-likeness (QED) is 0.404. The average molecular weight is 500 g/mol. The van der Waals surface area contributed by atoms with Gasteiger partial charge in [-0.05, 0) is 68.4 Å². The van der Waals surface area contributed by atoms with Gasteiger partial charge in [-0.3, -0.25) is 4.79 Å². The van der Waals surface area contributed by atoms with E-state index in [4.69, 9.17) is 4.74 Å². The summed E-state index contributed by atoms with van der Waals surface area (Å²) in [6.45, 7) is 3.02. The summed E-state index contributed by atoms with van der Waals surface area (Å²) < 4.78 is 61.9. The van der Waals surface area contributed by atoms with Crippen molar-refractivity contribution >= 4 is 26.8 Å². The van der Waals surface area contributed by atoms with E-state index >= 15 is 0 Å². The van der Waals surface area contributed by atoms with Crippen LogP contribution in [0.3, 0.4) is 0 Å². The average Bonchev–Trinajstić information content (AvgIpc) is 3.17. The number of methoxy groups -OCH3 is 1. The summed E-state index contributed by atoms with van der Waals surface area (Å²) in [6.07, 6.45) is 0. The molecule has 7 nitrogen and oxygen atoms in total. The first-order chi connectivity index (χ1) is 16.6. The largest absolute Gasteiger partial charge is 0.497 e. The normalized spacial score (nSPS) is 11.7. The van der Waals surface area contributed by atoms with Gasteiger partial charge in [0.25, 0.3) is 5.91 Å². The molecular weight excluding hydrogens is 476 g/mol. The number of fused-ring (bicyclic) bond motifs is 1. The van der Waals surface area contributed by atoms with Crippen molar-refractivity contribution in [3.63, 3.8) is 0 Å². The van der Waals surface area contributed by atoms with E-state index in [9.17, 15) is 22.0 Å². The Labute approximate surface area is 201 Å². The van der Waals surface area contributed by atoms with E-state index in [0.717, 1.165) is 23.6 Å². The molecule has 0 fully saturated rings. The van der Waals surface area contributed by atoms with Gasteiger partial charge in [-0.15, -0.1) is 0 Å². The summed E-state index contributed by atoms with van der Waals surface area (Å²) in [4.78, 5) is 16.8. The number of ether oxygens (including phenoxy) is 1. The Bertz CT molecular complexity index is 1530. The zero-order valence-corrected chi connectivity index (χ0v) is 20.1. The van der Waals surface area contributed by atoms with Crippen molar-refractivity contribution in [2.75, 3.05) is 7.11 Å². The van der Waals surface area contributed by atoms with Crippen molar-refractivity contribution in [2.45, 2.75) is 25.6 Å². The highest BCUT2D eigenvalue weighted by atomic mass is 32.2. The SMILES string of the molecule is COc1ccc2c(c1)cc(-c1cc(F)ccc1F)n2Cc1cccc(C(=O)NS(=O)(=O)C(C)C)n1. The Kier molecular flexibility index (Phi) is 6.58. The minimum absolute atomic E-state index is 0.0668. The number of carbonyl (C=O) groups is 1. The number of hydrogen-bond acceptors (Lipinski definition) is 5. The smallest absolute Gasteiger partial charge is 0.283 e. The highest BCUT2D eigenvalue weighted by Crippen LogP contribution is 2.33. The molecule has 2 aromatic carbocycles. The summed E-state index contributed by atoms with van der Waals surface area (Å²) in [6, 6.07) is 14.9. The minimum atomic E-state index is -3.83. The van der Waals surface area contributed by atoms with Gasteiger partial charge in [-0.1, -0.05) is 6.07 Å². The molecule has 0 bridgehead atoms.